The highest BCUT2D eigenvalue weighted by Crippen LogP contribution is 2.19. The predicted molar refractivity (Wildman–Crippen MR) is 58.7 cm³/mol. The van der Waals surface area contributed by atoms with Crippen LogP contribution in [0.4, 0.5) is 0 Å². The Morgan fingerprint density at radius 1 is 1.71 bits per heavy atom. The first kappa shape index (κ1) is 11.6. The van der Waals surface area contributed by atoms with Crippen LogP contribution in [0, 0.1) is 0 Å². The number of furan rings is 1. The fourth-order valence-electron chi connectivity index (χ4n) is 1.12. The van der Waals surface area contributed by atoms with E-state index in [0.29, 0.717) is 29.2 Å². The molecule has 1 aromatic heterocycles. The van der Waals surface area contributed by atoms with Crippen LogP contribution in [0.15, 0.2) is 21.4 Å². The van der Waals surface area contributed by atoms with E-state index in [2.05, 4.69) is 15.9 Å². The monoisotopic (exact) mass is 279 g/mol. The van der Waals surface area contributed by atoms with Crippen molar-refractivity contribution in [2.75, 3.05) is 19.0 Å². The number of rotatable bonds is 4. The highest BCUT2D eigenvalue weighted by molar-refractivity contribution is 9.10. The lowest BCUT2D eigenvalue weighted by atomic mass is 10.3. The molecule has 3 nitrogen and oxygen atoms in total. The van der Waals surface area contributed by atoms with E-state index in [0.717, 1.165) is 0 Å². The van der Waals surface area contributed by atoms with Crippen molar-refractivity contribution in [3.05, 3.63) is 22.6 Å². The number of halogens is 2. The largest absolute Gasteiger partial charge is 0.457 e. The van der Waals surface area contributed by atoms with Crippen LogP contribution in [0.3, 0.4) is 0 Å². The number of carbonyl (C=O) groups excluding carboxylic acids is 1. The van der Waals surface area contributed by atoms with Gasteiger partial charge in [0.05, 0.1) is 11.8 Å². The molecule has 0 saturated heterocycles. The molecule has 0 radical (unpaired) electrons. The van der Waals surface area contributed by atoms with Crippen molar-refractivity contribution in [2.24, 2.45) is 0 Å². The predicted octanol–water partition coefficient (Wildman–Crippen LogP) is 2.74. The minimum Gasteiger partial charge on any atom is -0.457 e. The Labute approximate surface area is 96.1 Å². The number of nitrogens with zero attached hydrogens (tertiary/aromatic N) is 1. The number of hydrogen-bond donors (Lipinski definition) is 0. The summed E-state index contributed by atoms with van der Waals surface area (Å²) in [4.78, 5) is 13.5. The highest BCUT2D eigenvalue weighted by Gasteiger charge is 2.17. The minimum atomic E-state index is -0.0613. The van der Waals surface area contributed by atoms with E-state index < -0.39 is 0 Å². The van der Waals surface area contributed by atoms with Gasteiger partial charge in [0.1, 0.15) is 0 Å². The molecule has 1 rings (SSSR count). The van der Waals surface area contributed by atoms with Gasteiger partial charge < -0.3 is 9.32 Å². The molecule has 1 aromatic rings. The van der Waals surface area contributed by atoms with Gasteiger partial charge in [-0.2, -0.15) is 0 Å². The number of alkyl halides is 1. The van der Waals surface area contributed by atoms with Crippen molar-refractivity contribution >= 4 is 33.4 Å². The molecule has 0 aliphatic rings. The van der Waals surface area contributed by atoms with Crippen LogP contribution in [0.5, 0.6) is 0 Å². The van der Waals surface area contributed by atoms with E-state index in [4.69, 9.17) is 16.0 Å². The molecule has 0 aromatic carbocycles. The van der Waals surface area contributed by atoms with Gasteiger partial charge in [0, 0.05) is 19.0 Å². The summed E-state index contributed by atoms with van der Waals surface area (Å²) < 4.78 is 5.46. The maximum atomic E-state index is 11.8. The maximum Gasteiger partial charge on any atom is 0.258 e. The van der Waals surface area contributed by atoms with Gasteiger partial charge in [0.25, 0.3) is 5.91 Å². The Balaban J connectivity index is 2.78. The molecule has 0 aliphatic heterocycles. The van der Waals surface area contributed by atoms with Crippen LogP contribution in [0.1, 0.15) is 17.3 Å². The third-order valence-corrected chi connectivity index (χ3v) is 2.65. The molecular weight excluding hydrogens is 269 g/mol. The first-order valence-electron chi connectivity index (χ1n) is 4.29. The summed E-state index contributed by atoms with van der Waals surface area (Å²) >= 11 is 8.76. The standard InChI is InChI=1S/C9H11BrClNO2/c1-2-12(5-4-11)9(13)7-3-6-14-8(7)10/h3,6H,2,4-5H2,1H3. The van der Waals surface area contributed by atoms with Crippen LogP contribution in [0.25, 0.3) is 0 Å². The summed E-state index contributed by atoms with van der Waals surface area (Å²) in [7, 11) is 0. The van der Waals surface area contributed by atoms with Crippen LogP contribution in [-0.2, 0) is 0 Å². The first-order valence-corrected chi connectivity index (χ1v) is 5.61. The van der Waals surface area contributed by atoms with E-state index in [1.807, 2.05) is 6.92 Å². The fourth-order valence-corrected chi connectivity index (χ4v) is 1.74. The van der Waals surface area contributed by atoms with E-state index in [1.165, 1.54) is 6.26 Å². The van der Waals surface area contributed by atoms with Gasteiger partial charge in [-0.15, -0.1) is 11.6 Å². The Kier molecular flexibility index (Phi) is 4.48. The average molecular weight is 281 g/mol. The zero-order chi connectivity index (χ0) is 10.6. The van der Waals surface area contributed by atoms with E-state index >= 15 is 0 Å². The Morgan fingerprint density at radius 3 is 2.86 bits per heavy atom. The average Bonchev–Trinajstić information content (AvgIpc) is 2.59. The number of amides is 1. The van der Waals surface area contributed by atoms with Gasteiger partial charge >= 0.3 is 0 Å². The molecule has 0 unspecified atom stereocenters. The second-order valence-corrected chi connectivity index (χ2v) is 3.78. The molecule has 0 fully saturated rings. The van der Waals surface area contributed by atoms with Crippen LogP contribution < -0.4 is 0 Å². The summed E-state index contributed by atoms with van der Waals surface area (Å²) in [5.74, 6) is 0.378. The Morgan fingerprint density at radius 2 is 2.43 bits per heavy atom. The minimum absolute atomic E-state index is 0.0613. The van der Waals surface area contributed by atoms with Crippen molar-refractivity contribution in [2.45, 2.75) is 6.92 Å². The summed E-state index contributed by atoms with van der Waals surface area (Å²) in [6.45, 7) is 3.11. The molecule has 1 amide bonds. The molecule has 78 valence electrons. The molecular formula is C9H11BrClNO2. The highest BCUT2D eigenvalue weighted by atomic mass is 79.9. The van der Waals surface area contributed by atoms with Crippen molar-refractivity contribution in [1.82, 2.24) is 4.90 Å². The summed E-state index contributed by atoms with van der Waals surface area (Å²) in [6.07, 6.45) is 1.48. The maximum absolute atomic E-state index is 11.8. The second kappa shape index (κ2) is 5.41. The van der Waals surface area contributed by atoms with Crippen LogP contribution in [-0.4, -0.2) is 29.8 Å². The molecule has 5 heteroatoms. The zero-order valence-electron chi connectivity index (χ0n) is 7.80. The van der Waals surface area contributed by atoms with Crippen molar-refractivity contribution < 1.29 is 9.21 Å². The van der Waals surface area contributed by atoms with Crippen molar-refractivity contribution in [3.8, 4) is 0 Å². The van der Waals surface area contributed by atoms with Crippen molar-refractivity contribution in [3.63, 3.8) is 0 Å². The smallest absolute Gasteiger partial charge is 0.258 e. The molecule has 0 N–H and O–H groups in total. The fraction of sp³-hybridized carbons (Fsp3) is 0.444. The molecule has 0 aliphatic carbocycles. The molecule has 0 bridgehead atoms. The van der Waals surface area contributed by atoms with E-state index in [-0.39, 0.29) is 5.91 Å². The quantitative estimate of drug-likeness (QED) is 0.795. The lowest BCUT2D eigenvalue weighted by Gasteiger charge is -2.18. The first-order chi connectivity index (χ1) is 6.70. The molecule has 0 spiro atoms. The lowest BCUT2D eigenvalue weighted by molar-refractivity contribution is 0.0772. The van der Waals surface area contributed by atoms with E-state index in [1.54, 1.807) is 11.0 Å². The molecule has 0 saturated carbocycles. The summed E-state index contributed by atoms with van der Waals surface area (Å²) in [5, 5.41) is 0. The van der Waals surface area contributed by atoms with Crippen LogP contribution in [0.2, 0.25) is 0 Å². The molecule has 14 heavy (non-hydrogen) atoms. The van der Waals surface area contributed by atoms with Gasteiger partial charge in [0.15, 0.2) is 4.67 Å². The third kappa shape index (κ3) is 2.51. The summed E-state index contributed by atoms with van der Waals surface area (Å²) in [5.41, 5.74) is 0.539. The SMILES string of the molecule is CCN(CCCl)C(=O)c1ccoc1Br. The van der Waals surface area contributed by atoms with Gasteiger partial charge in [-0.1, -0.05) is 0 Å². The lowest BCUT2D eigenvalue weighted by Crippen LogP contribution is -2.32. The van der Waals surface area contributed by atoms with Crippen LogP contribution >= 0.6 is 27.5 Å². The van der Waals surface area contributed by atoms with Gasteiger partial charge in [0.2, 0.25) is 0 Å². The third-order valence-electron chi connectivity index (χ3n) is 1.87. The number of hydrogen-bond acceptors (Lipinski definition) is 2. The van der Waals surface area contributed by atoms with Gasteiger partial charge in [-0.3, -0.25) is 4.79 Å². The topological polar surface area (TPSA) is 33.5 Å². The normalized spacial score (nSPS) is 10.2. The zero-order valence-corrected chi connectivity index (χ0v) is 10.1. The molecule has 1 heterocycles. The Bertz CT molecular complexity index is 314. The van der Waals surface area contributed by atoms with Gasteiger partial charge in [-0.05, 0) is 28.9 Å². The molecule has 0 atom stereocenters. The van der Waals surface area contributed by atoms with E-state index in [9.17, 15) is 4.79 Å². The summed E-state index contributed by atoms with van der Waals surface area (Å²) in [6, 6.07) is 1.64. The van der Waals surface area contributed by atoms with Crippen molar-refractivity contribution in [1.29, 1.82) is 0 Å². The van der Waals surface area contributed by atoms with Gasteiger partial charge in [-0.25, -0.2) is 0 Å². The Hall–Kier alpha value is -0.480. The number of carbonyl (C=O) groups is 1. The second-order valence-electron chi connectivity index (χ2n) is 2.68.